The number of thiophene rings is 1. The number of benzene rings is 1. The van der Waals surface area contributed by atoms with Crippen LogP contribution in [0.15, 0.2) is 39.9 Å². The van der Waals surface area contributed by atoms with E-state index >= 15 is 0 Å². The molecular formula is C21H25N3O3S2. The summed E-state index contributed by atoms with van der Waals surface area (Å²) in [7, 11) is -3.80. The van der Waals surface area contributed by atoms with Gasteiger partial charge in [0, 0.05) is 10.9 Å². The second-order valence-electron chi connectivity index (χ2n) is 9.02. The first-order valence-corrected chi connectivity index (χ1v) is 12.5. The predicted octanol–water partition coefficient (Wildman–Crippen LogP) is 4.03. The highest BCUT2D eigenvalue weighted by Gasteiger charge is 2.51. The molecule has 154 valence electrons. The van der Waals surface area contributed by atoms with E-state index in [1.807, 2.05) is 24.3 Å². The van der Waals surface area contributed by atoms with Gasteiger partial charge in [-0.3, -0.25) is 4.79 Å². The van der Waals surface area contributed by atoms with Crippen molar-refractivity contribution in [1.29, 1.82) is 0 Å². The Morgan fingerprint density at radius 1 is 1.03 bits per heavy atom. The molecule has 4 bridgehead atoms. The van der Waals surface area contributed by atoms with Crippen LogP contribution in [0.2, 0.25) is 0 Å². The van der Waals surface area contributed by atoms with Crippen molar-refractivity contribution >= 4 is 38.6 Å². The van der Waals surface area contributed by atoms with Gasteiger partial charge in [-0.05, 0) is 74.5 Å². The molecule has 1 aromatic heterocycles. The SMILES string of the molecule is NS(=O)(=O)c1cc(C(=O)Nc2ccccc2NC23CC4CC(CC(C4)C2)C3)cs1. The van der Waals surface area contributed by atoms with Gasteiger partial charge in [-0.25, -0.2) is 13.6 Å². The van der Waals surface area contributed by atoms with Gasteiger partial charge < -0.3 is 10.6 Å². The van der Waals surface area contributed by atoms with E-state index in [9.17, 15) is 13.2 Å². The lowest BCUT2D eigenvalue weighted by Gasteiger charge is -2.57. The van der Waals surface area contributed by atoms with Crippen molar-refractivity contribution in [2.75, 3.05) is 10.6 Å². The molecule has 0 saturated heterocycles. The van der Waals surface area contributed by atoms with E-state index in [1.165, 1.54) is 50.0 Å². The summed E-state index contributed by atoms with van der Waals surface area (Å²) in [6.07, 6.45) is 7.77. The highest BCUT2D eigenvalue weighted by molar-refractivity contribution is 7.91. The molecule has 6 rings (SSSR count). The molecule has 4 aliphatic rings. The second-order valence-corrected chi connectivity index (χ2v) is 11.7. The molecule has 4 fully saturated rings. The van der Waals surface area contributed by atoms with Crippen LogP contribution in [0.3, 0.4) is 0 Å². The molecule has 8 heteroatoms. The number of anilines is 2. The van der Waals surface area contributed by atoms with Crippen molar-refractivity contribution in [2.24, 2.45) is 22.9 Å². The summed E-state index contributed by atoms with van der Waals surface area (Å²) in [6, 6.07) is 9.09. The van der Waals surface area contributed by atoms with Crippen LogP contribution in [0, 0.1) is 17.8 Å². The number of hydrogen-bond acceptors (Lipinski definition) is 5. The molecule has 0 unspecified atom stereocenters. The number of amides is 1. The van der Waals surface area contributed by atoms with E-state index in [-0.39, 0.29) is 15.7 Å². The molecule has 29 heavy (non-hydrogen) atoms. The molecule has 2 aromatic rings. The first kappa shape index (κ1) is 19.1. The Morgan fingerprint density at radius 3 is 2.17 bits per heavy atom. The molecule has 4 aliphatic carbocycles. The maximum Gasteiger partial charge on any atom is 0.256 e. The topological polar surface area (TPSA) is 101 Å². The number of rotatable bonds is 5. The third-order valence-electron chi connectivity index (χ3n) is 6.73. The average Bonchev–Trinajstić information content (AvgIpc) is 3.12. The summed E-state index contributed by atoms with van der Waals surface area (Å²) in [4.78, 5) is 12.7. The van der Waals surface area contributed by atoms with Crippen LogP contribution in [-0.2, 0) is 10.0 Å². The highest BCUT2D eigenvalue weighted by atomic mass is 32.2. The fourth-order valence-electron chi connectivity index (χ4n) is 6.03. The van der Waals surface area contributed by atoms with E-state index < -0.39 is 10.0 Å². The van der Waals surface area contributed by atoms with Crippen molar-refractivity contribution in [3.63, 3.8) is 0 Å². The maximum atomic E-state index is 12.7. The van der Waals surface area contributed by atoms with Crippen LogP contribution < -0.4 is 15.8 Å². The lowest BCUT2D eigenvalue weighted by Crippen LogP contribution is -2.54. The van der Waals surface area contributed by atoms with Crippen molar-refractivity contribution in [3.8, 4) is 0 Å². The van der Waals surface area contributed by atoms with Crippen molar-refractivity contribution < 1.29 is 13.2 Å². The fraction of sp³-hybridized carbons (Fsp3) is 0.476. The molecule has 4 saturated carbocycles. The Bertz CT molecular complexity index is 1030. The Morgan fingerprint density at radius 2 is 1.62 bits per heavy atom. The number of nitrogens with one attached hydrogen (secondary N) is 2. The third kappa shape index (κ3) is 3.69. The molecule has 6 nitrogen and oxygen atoms in total. The minimum atomic E-state index is -3.80. The lowest BCUT2D eigenvalue weighted by molar-refractivity contribution is 0.0107. The van der Waals surface area contributed by atoms with Crippen LogP contribution >= 0.6 is 11.3 Å². The van der Waals surface area contributed by atoms with Crippen LogP contribution in [0.1, 0.15) is 48.9 Å². The fourth-order valence-corrected chi connectivity index (χ4v) is 7.62. The molecular weight excluding hydrogens is 406 g/mol. The minimum Gasteiger partial charge on any atom is -0.378 e. The zero-order valence-corrected chi connectivity index (χ0v) is 17.7. The third-order valence-corrected chi connectivity index (χ3v) is 9.12. The normalized spacial score (nSPS) is 30.3. The van der Waals surface area contributed by atoms with Gasteiger partial charge in [-0.2, -0.15) is 0 Å². The monoisotopic (exact) mass is 431 g/mol. The van der Waals surface area contributed by atoms with Gasteiger partial charge in [0.1, 0.15) is 4.21 Å². The number of nitrogens with two attached hydrogens (primary N) is 1. The summed E-state index contributed by atoms with van der Waals surface area (Å²) in [5.74, 6) is 2.16. The highest BCUT2D eigenvalue weighted by Crippen LogP contribution is 2.56. The number of carbonyl (C=O) groups is 1. The van der Waals surface area contributed by atoms with Gasteiger partial charge in [0.05, 0.1) is 16.9 Å². The lowest BCUT2D eigenvalue weighted by atomic mass is 9.53. The van der Waals surface area contributed by atoms with Crippen molar-refractivity contribution in [2.45, 2.75) is 48.3 Å². The van der Waals surface area contributed by atoms with Crippen molar-refractivity contribution in [3.05, 3.63) is 41.3 Å². The summed E-state index contributed by atoms with van der Waals surface area (Å²) in [5.41, 5.74) is 2.09. The Labute approximate surface area is 174 Å². The van der Waals surface area contributed by atoms with Crippen LogP contribution in [0.25, 0.3) is 0 Å². The number of carbonyl (C=O) groups excluding carboxylic acids is 1. The number of hydrogen-bond donors (Lipinski definition) is 3. The average molecular weight is 432 g/mol. The Balaban J connectivity index is 1.36. The molecule has 0 spiro atoms. The molecule has 1 amide bonds. The molecule has 4 N–H and O–H groups in total. The predicted molar refractivity (Wildman–Crippen MR) is 115 cm³/mol. The minimum absolute atomic E-state index is 0.0115. The summed E-state index contributed by atoms with van der Waals surface area (Å²) in [6.45, 7) is 0. The first-order valence-electron chi connectivity index (χ1n) is 10.1. The van der Waals surface area contributed by atoms with E-state index in [1.54, 1.807) is 0 Å². The number of sulfonamides is 1. The largest absolute Gasteiger partial charge is 0.378 e. The van der Waals surface area contributed by atoms with Gasteiger partial charge >= 0.3 is 0 Å². The van der Waals surface area contributed by atoms with Crippen LogP contribution in [0.4, 0.5) is 11.4 Å². The molecule has 0 aliphatic heterocycles. The van der Waals surface area contributed by atoms with Crippen molar-refractivity contribution in [1.82, 2.24) is 0 Å². The summed E-state index contributed by atoms with van der Waals surface area (Å²) < 4.78 is 22.9. The van der Waals surface area contributed by atoms with E-state index in [0.717, 1.165) is 40.5 Å². The van der Waals surface area contributed by atoms with Gasteiger partial charge in [-0.15, -0.1) is 11.3 Å². The van der Waals surface area contributed by atoms with E-state index in [4.69, 9.17) is 5.14 Å². The second kappa shape index (κ2) is 6.82. The molecule has 0 atom stereocenters. The number of primary sulfonamides is 1. The van der Waals surface area contributed by atoms with E-state index in [0.29, 0.717) is 5.56 Å². The zero-order valence-electron chi connectivity index (χ0n) is 16.1. The van der Waals surface area contributed by atoms with Gasteiger partial charge in [0.2, 0.25) is 10.0 Å². The summed E-state index contributed by atoms with van der Waals surface area (Å²) >= 11 is 0.955. The maximum absolute atomic E-state index is 12.7. The standard InChI is InChI=1S/C21H25N3O3S2/c22-29(26,27)19-8-16(12-28-19)20(25)23-17-3-1-2-4-18(17)24-21-9-13-5-14(10-21)7-15(6-13)11-21/h1-4,8,12-15,24H,5-7,9-11H2,(H,23,25)(H2,22,26,27). The molecule has 1 aromatic carbocycles. The van der Waals surface area contributed by atoms with E-state index in [2.05, 4.69) is 10.6 Å². The van der Waals surface area contributed by atoms with Crippen LogP contribution in [-0.4, -0.2) is 19.9 Å². The van der Waals surface area contributed by atoms with Gasteiger partial charge in [0.15, 0.2) is 0 Å². The van der Waals surface area contributed by atoms with Gasteiger partial charge in [0.25, 0.3) is 5.91 Å². The zero-order chi connectivity index (χ0) is 20.2. The van der Waals surface area contributed by atoms with Crippen LogP contribution in [0.5, 0.6) is 0 Å². The summed E-state index contributed by atoms with van der Waals surface area (Å²) in [5, 5.41) is 13.4. The first-order chi connectivity index (χ1) is 13.8. The molecule has 1 heterocycles. The van der Waals surface area contributed by atoms with Gasteiger partial charge in [-0.1, -0.05) is 12.1 Å². The Kier molecular flexibility index (Phi) is 4.49. The molecule has 0 radical (unpaired) electrons. The number of para-hydroxylation sites is 2. The quantitative estimate of drug-likeness (QED) is 0.665. The smallest absolute Gasteiger partial charge is 0.256 e. The Hall–Kier alpha value is -1.90.